The van der Waals surface area contributed by atoms with Gasteiger partial charge in [-0.15, -0.1) is 0 Å². The quantitative estimate of drug-likeness (QED) is 0.858. The fourth-order valence-corrected chi connectivity index (χ4v) is 3.51. The Labute approximate surface area is 141 Å². The number of amides is 4. The van der Waals surface area contributed by atoms with E-state index < -0.39 is 12.1 Å². The molecule has 24 heavy (non-hydrogen) atoms. The van der Waals surface area contributed by atoms with E-state index in [-0.39, 0.29) is 24.4 Å². The first-order chi connectivity index (χ1) is 11.4. The molecule has 2 aliphatic heterocycles. The number of carbonyl (C=O) groups excluding carboxylic acids is 3. The third kappa shape index (κ3) is 2.88. The van der Waals surface area contributed by atoms with E-state index in [1.807, 2.05) is 45.0 Å². The van der Waals surface area contributed by atoms with Crippen LogP contribution in [0.2, 0.25) is 0 Å². The Hall–Kier alpha value is -2.37. The smallest absolute Gasteiger partial charge is 0.325 e. The summed E-state index contributed by atoms with van der Waals surface area (Å²) >= 11 is 0. The van der Waals surface area contributed by atoms with Crippen LogP contribution in [0.1, 0.15) is 32.8 Å². The fraction of sp³-hybridized carbons (Fsp3) is 0.500. The van der Waals surface area contributed by atoms with Crippen LogP contribution in [0.3, 0.4) is 0 Å². The lowest BCUT2D eigenvalue weighted by Crippen LogP contribution is -2.45. The number of anilines is 1. The van der Waals surface area contributed by atoms with Crippen LogP contribution in [0, 0.1) is 5.92 Å². The Balaban J connectivity index is 1.73. The third-order valence-electron chi connectivity index (χ3n) is 4.58. The first-order valence-electron chi connectivity index (χ1n) is 8.40. The highest BCUT2D eigenvalue weighted by atomic mass is 16.2. The number of hydrogen-bond acceptors (Lipinski definition) is 3. The number of imide groups is 1. The highest BCUT2D eigenvalue weighted by Crippen LogP contribution is 2.32. The number of fused-ring (bicyclic) bond motifs is 1. The van der Waals surface area contributed by atoms with Crippen molar-refractivity contribution in [2.45, 2.75) is 45.7 Å². The van der Waals surface area contributed by atoms with Crippen LogP contribution < -0.4 is 10.2 Å². The van der Waals surface area contributed by atoms with Gasteiger partial charge in [0.15, 0.2) is 0 Å². The van der Waals surface area contributed by atoms with Gasteiger partial charge in [0.25, 0.3) is 5.91 Å². The van der Waals surface area contributed by atoms with Crippen molar-refractivity contribution in [2.24, 2.45) is 5.92 Å². The second kappa shape index (κ2) is 6.26. The summed E-state index contributed by atoms with van der Waals surface area (Å²) < 4.78 is 0. The Morgan fingerprint density at radius 1 is 1.29 bits per heavy atom. The van der Waals surface area contributed by atoms with E-state index in [1.165, 1.54) is 0 Å². The van der Waals surface area contributed by atoms with E-state index in [1.54, 1.807) is 4.90 Å². The van der Waals surface area contributed by atoms with Crippen LogP contribution in [0.25, 0.3) is 0 Å². The van der Waals surface area contributed by atoms with Gasteiger partial charge in [-0.05, 0) is 37.3 Å². The molecule has 3 rings (SSSR count). The molecule has 0 aliphatic carbocycles. The largest absolute Gasteiger partial charge is 0.326 e. The lowest BCUT2D eigenvalue weighted by molar-refractivity contribution is -0.131. The molecule has 1 aromatic carbocycles. The first-order valence-corrected chi connectivity index (χ1v) is 8.40. The number of rotatable bonds is 4. The summed E-state index contributed by atoms with van der Waals surface area (Å²) in [5, 5.41) is 2.68. The minimum absolute atomic E-state index is 0.0297. The topological polar surface area (TPSA) is 69.7 Å². The van der Waals surface area contributed by atoms with E-state index in [0.717, 1.165) is 22.6 Å². The number of nitrogens with one attached hydrogen (secondary N) is 1. The monoisotopic (exact) mass is 329 g/mol. The standard InChI is InChI=1S/C18H23N3O3/c1-11(2)8-14-17(23)20(18(24)19-14)10-16(22)21-12(3)9-13-6-4-5-7-15(13)21/h4-7,11-12,14H,8-10H2,1-3H3,(H,19,24)/t12-,14-/m0/s1. The van der Waals surface area contributed by atoms with Crippen LogP contribution in [0.15, 0.2) is 24.3 Å². The number of hydrogen-bond donors (Lipinski definition) is 1. The van der Waals surface area contributed by atoms with Gasteiger partial charge in [0, 0.05) is 11.7 Å². The molecule has 1 fully saturated rings. The van der Waals surface area contributed by atoms with Crippen LogP contribution in [0.5, 0.6) is 0 Å². The van der Waals surface area contributed by atoms with Crippen LogP contribution >= 0.6 is 0 Å². The summed E-state index contributed by atoms with van der Waals surface area (Å²) in [5.74, 6) is -0.233. The van der Waals surface area contributed by atoms with Crippen LogP contribution in [-0.2, 0) is 16.0 Å². The maximum Gasteiger partial charge on any atom is 0.325 e. The SMILES string of the molecule is CC(C)C[C@@H]1NC(=O)N(CC(=O)N2c3ccccc3C[C@@H]2C)C1=O. The van der Waals surface area contributed by atoms with Crippen molar-refractivity contribution in [3.05, 3.63) is 29.8 Å². The molecule has 1 saturated heterocycles. The number of para-hydroxylation sites is 1. The molecule has 2 aliphatic rings. The predicted molar refractivity (Wildman–Crippen MR) is 90.6 cm³/mol. The van der Waals surface area contributed by atoms with Gasteiger partial charge in [-0.25, -0.2) is 4.79 Å². The molecule has 6 heteroatoms. The highest BCUT2D eigenvalue weighted by molar-refractivity contribution is 6.08. The van der Waals surface area contributed by atoms with Gasteiger partial charge in [0.05, 0.1) is 0 Å². The molecule has 4 amide bonds. The van der Waals surface area contributed by atoms with Crippen molar-refractivity contribution in [2.75, 3.05) is 11.4 Å². The second-order valence-corrected chi connectivity index (χ2v) is 7.00. The number of benzene rings is 1. The van der Waals surface area contributed by atoms with Crippen molar-refractivity contribution in [3.63, 3.8) is 0 Å². The van der Waals surface area contributed by atoms with Gasteiger partial charge in [-0.3, -0.25) is 14.5 Å². The van der Waals surface area contributed by atoms with E-state index in [4.69, 9.17) is 0 Å². The Bertz CT molecular complexity index is 686. The third-order valence-corrected chi connectivity index (χ3v) is 4.58. The number of nitrogens with zero attached hydrogens (tertiary/aromatic N) is 2. The highest BCUT2D eigenvalue weighted by Gasteiger charge is 2.41. The van der Waals surface area contributed by atoms with E-state index in [0.29, 0.717) is 12.3 Å². The van der Waals surface area contributed by atoms with E-state index >= 15 is 0 Å². The zero-order valence-electron chi connectivity index (χ0n) is 14.3. The molecule has 1 aromatic rings. The van der Waals surface area contributed by atoms with Gasteiger partial charge < -0.3 is 10.2 Å². The zero-order chi connectivity index (χ0) is 17.4. The van der Waals surface area contributed by atoms with E-state index in [9.17, 15) is 14.4 Å². The molecule has 0 radical (unpaired) electrons. The summed E-state index contributed by atoms with van der Waals surface area (Å²) in [6.45, 7) is 5.76. The molecule has 6 nitrogen and oxygen atoms in total. The minimum atomic E-state index is -0.520. The summed E-state index contributed by atoms with van der Waals surface area (Å²) in [4.78, 5) is 40.0. The molecular weight excluding hydrogens is 306 g/mol. The molecule has 2 atom stereocenters. The molecule has 0 aromatic heterocycles. The molecular formula is C18H23N3O3. The lowest BCUT2D eigenvalue weighted by atomic mass is 10.0. The number of urea groups is 1. The molecule has 0 unspecified atom stereocenters. The normalized spacial score (nSPS) is 23.0. The second-order valence-electron chi connectivity index (χ2n) is 7.00. The predicted octanol–water partition coefficient (Wildman–Crippen LogP) is 1.93. The lowest BCUT2D eigenvalue weighted by Gasteiger charge is -2.24. The summed E-state index contributed by atoms with van der Waals surface area (Å²) in [6, 6.07) is 6.79. The molecule has 2 heterocycles. The maximum absolute atomic E-state index is 12.7. The minimum Gasteiger partial charge on any atom is -0.326 e. The first kappa shape index (κ1) is 16.5. The molecule has 1 N–H and O–H groups in total. The number of carbonyl (C=O) groups is 3. The van der Waals surface area contributed by atoms with Gasteiger partial charge in [0.1, 0.15) is 12.6 Å². The van der Waals surface area contributed by atoms with Crippen LogP contribution in [-0.4, -0.2) is 41.4 Å². The fourth-order valence-electron chi connectivity index (χ4n) is 3.51. The van der Waals surface area contributed by atoms with Gasteiger partial charge in [-0.2, -0.15) is 0 Å². The maximum atomic E-state index is 12.7. The van der Waals surface area contributed by atoms with Crippen molar-refractivity contribution < 1.29 is 14.4 Å². The Morgan fingerprint density at radius 3 is 2.71 bits per heavy atom. The molecule has 0 bridgehead atoms. The average Bonchev–Trinajstić information content (AvgIpc) is 2.97. The molecule has 128 valence electrons. The summed E-state index contributed by atoms with van der Waals surface area (Å²) in [7, 11) is 0. The average molecular weight is 329 g/mol. The van der Waals surface area contributed by atoms with Crippen molar-refractivity contribution in [3.8, 4) is 0 Å². The Kier molecular flexibility index (Phi) is 4.30. The van der Waals surface area contributed by atoms with Gasteiger partial charge in [-0.1, -0.05) is 32.0 Å². The summed E-state index contributed by atoms with van der Waals surface area (Å²) in [5.41, 5.74) is 1.99. The Morgan fingerprint density at radius 2 is 2.00 bits per heavy atom. The molecule has 0 spiro atoms. The zero-order valence-corrected chi connectivity index (χ0v) is 14.3. The van der Waals surface area contributed by atoms with Crippen molar-refractivity contribution in [1.82, 2.24) is 10.2 Å². The van der Waals surface area contributed by atoms with Crippen molar-refractivity contribution >= 4 is 23.5 Å². The van der Waals surface area contributed by atoms with Crippen molar-refractivity contribution in [1.29, 1.82) is 0 Å². The summed E-state index contributed by atoms with van der Waals surface area (Å²) in [6.07, 6.45) is 1.37. The van der Waals surface area contributed by atoms with Gasteiger partial charge in [0.2, 0.25) is 5.91 Å². The molecule has 0 saturated carbocycles. The van der Waals surface area contributed by atoms with Gasteiger partial charge >= 0.3 is 6.03 Å². The van der Waals surface area contributed by atoms with E-state index in [2.05, 4.69) is 5.32 Å². The van der Waals surface area contributed by atoms with Crippen LogP contribution in [0.4, 0.5) is 10.5 Å².